The highest BCUT2D eigenvalue weighted by molar-refractivity contribution is 5.78. The number of hydrogen-bond acceptors (Lipinski definition) is 9. The monoisotopic (exact) mass is 521 g/mol. The molecule has 0 aromatic heterocycles. The SMILES string of the molecule is CCC(=O)O[C@@H](C)[C@H](C)OC(=O)[C@@H](N)Cc1ccc(OC(=O)CC(C)CC)c(OC(=O)CC(C)CC)c1. The van der Waals surface area contributed by atoms with Gasteiger partial charge in [0.2, 0.25) is 0 Å². The summed E-state index contributed by atoms with van der Waals surface area (Å²) < 4.78 is 21.6. The Kier molecular flexibility index (Phi) is 13.9. The maximum Gasteiger partial charge on any atom is 0.323 e. The van der Waals surface area contributed by atoms with E-state index in [1.807, 2.05) is 27.7 Å². The minimum absolute atomic E-state index is 0.0890. The van der Waals surface area contributed by atoms with Crippen molar-refractivity contribution in [1.82, 2.24) is 0 Å². The number of carbonyl (C=O) groups excluding carboxylic acids is 4. The van der Waals surface area contributed by atoms with Crippen LogP contribution in [0.5, 0.6) is 11.5 Å². The Labute approximate surface area is 220 Å². The molecule has 5 atom stereocenters. The Bertz CT molecular complexity index is 915. The molecular formula is C28H43NO8. The third-order valence-corrected chi connectivity index (χ3v) is 6.21. The second-order valence-electron chi connectivity index (χ2n) is 9.67. The highest BCUT2D eigenvalue weighted by Crippen LogP contribution is 2.30. The van der Waals surface area contributed by atoms with Gasteiger partial charge in [-0.15, -0.1) is 0 Å². The van der Waals surface area contributed by atoms with Crippen molar-refractivity contribution in [2.24, 2.45) is 17.6 Å². The minimum atomic E-state index is -1.01. The quantitative estimate of drug-likeness (QED) is 0.261. The van der Waals surface area contributed by atoms with E-state index in [9.17, 15) is 19.2 Å². The molecule has 0 fully saturated rings. The average Bonchev–Trinajstić information content (AvgIpc) is 2.84. The van der Waals surface area contributed by atoms with Gasteiger partial charge in [0, 0.05) is 19.3 Å². The van der Waals surface area contributed by atoms with E-state index in [1.165, 1.54) is 6.07 Å². The van der Waals surface area contributed by atoms with Crippen LogP contribution >= 0.6 is 0 Å². The third-order valence-electron chi connectivity index (χ3n) is 6.21. The first-order chi connectivity index (χ1) is 17.4. The molecule has 208 valence electrons. The summed E-state index contributed by atoms with van der Waals surface area (Å²) in [5.74, 6) is -1.40. The van der Waals surface area contributed by atoms with Crippen molar-refractivity contribution < 1.29 is 38.1 Å². The zero-order valence-corrected chi connectivity index (χ0v) is 23.2. The van der Waals surface area contributed by atoms with Gasteiger partial charge in [-0.05, 0) is 49.8 Å². The van der Waals surface area contributed by atoms with Crippen LogP contribution in [0.1, 0.15) is 86.1 Å². The first-order valence-electron chi connectivity index (χ1n) is 13.1. The smallest absolute Gasteiger partial charge is 0.323 e. The zero-order valence-electron chi connectivity index (χ0n) is 23.2. The summed E-state index contributed by atoms with van der Waals surface area (Å²) in [4.78, 5) is 48.9. The first-order valence-corrected chi connectivity index (χ1v) is 13.1. The average molecular weight is 522 g/mol. The van der Waals surface area contributed by atoms with Crippen LogP contribution in [-0.4, -0.2) is 42.1 Å². The second kappa shape index (κ2) is 16.0. The van der Waals surface area contributed by atoms with Crippen LogP contribution in [0.3, 0.4) is 0 Å². The molecule has 2 unspecified atom stereocenters. The van der Waals surface area contributed by atoms with Crippen LogP contribution in [0.2, 0.25) is 0 Å². The number of hydrogen-bond donors (Lipinski definition) is 1. The fourth-order valence-corrected chi connectivity index (χ4v) is 3.12. The normalized spacial score (nSPS) is 15.0. The Hall–Kier alpha value is -2.94. The van der Waals surface area contributed by atoms with Crippen LogP contribution in [0.25, 0.3) is 0 Å². The van der Waals surface area contributed by atoms with E-state index in [1.54, 1.807) is 32.9 Å². The predicted molar refractivity (Wildman–Crippen MR) is 139 cm³/mol. The van der Waals surface area contributed by atoms with Gasteiger partial charge in [0.15, 0.2) is 11.5 Å². The molecule has 0 amide bonds. The first kappa shape index (κ1) is 32.1. The molecule has 9 nitrogen and oxygen atoms in total. The molecule has 1 aromatic carbocycles. The minimum Gasteiger partial charge on any atom is -0.459 e. The summed E-state index contributed by atoms with van der Waals surface area (Å²) in [5.41, 5.74) is 6.67. The fraction of sp³-hybridized carbons (Fsp3) is 0.643. The fourth-order valence-electron chi connectivity index (χ4n) is 3.12. The predicted octanol–water partition coefficient (Wildman–Crippen LogP) is 4.51. The summed E-state index contributed by atoms with van der Waals surface area (Å²) in [6.45, 7) is 12.8. The van der Waals surface area contributed by atoms with Gasteiger partial charge in [-0.1, -0.05) is 53.5 Å². The number of rotatable bonds is 15. The summed E-state index contributed by atoms with van der Waals surface area (Å²) in [5, 5.41) is 0. The van der Waals surface area contributed by atoms with Gasteiger partial charge in [0.1, 0.15) is 18.2 Å². The van der Waals surface area contributed by atoms with Crippen molar-refractivity contribution >= 4 is 23.9 Å². The summed E-state index contributed by atoms with van der Waals surface area (Å²) in [7, 11) is 0. The highest BCUT2D eigenvalue weighted by atomic mass is 16.6. The van der Waals surface area contributed by atoms with Gasteiger partial charge in [-0.2, -0.15) is 0 Å². The molecule has 1 aromatic rings. The molecule has 1 rings (SSSR count). The van der Waals surface area contributed by atoms with Crippen LogP contribution < -0.4 is 15.2 Å². The lowest BCUT2D eigenvalue weighted by Crippen LogP contribution is -2.39. The van der Waals surface area contributed by atoms with E-state index in [0.717, 1.165) is 12.8 Å². The molecule has 0 saturated carbocycles. The lowest BCUT2D eigenvalue weighted by atomic mass is 10.0. The zero-order chi connectivity index (χ0) is 28.1. The molecule has 0 aliphatic carbocycles. The summed E-state index contributed by atoms with van der Waals surface area (Å²) in [6.07, 6.45) is 1.10. The standard InChI is InChI=1S/C28H43NO8/c1-8-17(4)13-26(31)36-23-12-11-21(16-24(23)37-27(32)14-18(5)9-2)15-22(29)28(33)35-20(7)19(6)34-25(30)10-3/h11-12,16-20,22H,8-10,13-15,29H2,1-7H3/t17?,18?,19-,20-,22-/m0/s1. The van der Waals surface area contributed by atoms with Gasteiger partial charge in [-0.25, -0.2) is 0 Å². The van der Waals surface area contributed by atoms with Crippen molar-refractivity contribution in [1.29, 1.82) is 0 Å². The van der Waals surface area contributed by atoms with Crippen molar-refractivity contribution in [3.63, 3.8) is 0 Å². The number of benzene rings is 1. The molecule has 0 aliphatic rings. The van der Waals surface area contributed by atoms with E-state index < -0.39 is 36.2 Å². The van der Waals surface area contributed by atoms with Crippen molar-refractivity contribution in [2.75, 3.05) is 0 Å². The van der Waals surface area contributed by atoms with E-state index in [0.29, 0.717) is 5.56 Å². The van der Waals surface area contributed by atoms with Crippen molar-refractivity contribution in [2.45, 2.75) is 105 Å². The molecule has 0 bridgehead atoms. The third kappa shape index (κ3) is 11.8. The molecule has 0 aliphatic heterocycles. The molecular weight excluding hydrogens is 478 g/mol. The number of carbonyl (C=O) groups is 4. The number of esters is 4. The maximum atomic E-state index is 12.5. The number of ether oxygens (including phenoxy) is 4. The highest BCUT2D eigenvalue weighted by Gasteiger charge is 2.25. The van der Waals surface area contributed by atoms with Gasteiger partial charge in [0.25, 0.3) is 0 Å². The molecule has 37 heavy (non-hydrogen) atoms. The molecule has 0 radical (unpaired) electrons. The van der Waals surface area contributed by atoms with E-state index in [-0.39, 0.29) is 55.0 Å². The Morgan fingerprint density at radius 2 is 1.27 bits per heavy atom. The largest absolute Gasteiger partial charge is 0.459 e. The Morgan fingerprint density at radius 3 is 1.78 bits per heavy atom. The molecule has 0 spiro atoms. The molecule has 0 heterocycles. The summed E-state index contributed by atoms with van der Waals surface area (Å²) >= 11 is 0. The molecule has 0 saturated heterocycles. The van der Waals surface area contributed by atoms with Crippen LogP contribution in [-0.2, 0) is 35.1 Å². The molecule has 9 heteroatoms. The van der Waals surface area contributed by atoms with Gasteiger partial charge in [0.05, 0.1) is 0 Å². The lowest BCUT2D eigenvalue weighted by molar-refractivity contribution is -0.166. The Balaban J connectivity index is 2.98. The van der Waals surface area contributed by atoms with Crippen LogP contribution in [0.4, 0.5) is 0 Å². The topological polar surface area (TPSA) is 131 Å². The summed E-state index contributed by atoms with van der Waals surface area (Å²) in [6, 6.07) is 3.71. The van der Waals surface area contributed by atoms with Gasteiger partial charge < -0.3 is 24.7 Å². The van der Waals surface area contributed by atoms with Gasteiger partial charge >= 0.3 is 23.9 Å². The maximum absolute atomic E-state index is 12.5. The van der Waals surface area contributed by atoms with Gasteiger partial charge in [-0.3, -0.25) is 19.2 Å². The van der Waals surface area contributed by atoms with E-state index >= 15 is 0 Å². The van der Waals surface area contributed by atoms with Crippen molar-refractivity contribution in [3.05, 3.63) is 23.8 Å². The second-order valence-corrected chi connectivity index (χ2v) is 9.67. The van der Waals surface area contributed by atoms with E-state index in [4.69, 9.17) is 24.7 Å². The van der Waals surface area contributed by atoms with Crippen molar-refractivity contribution in [3.8, 4) is 11.5 Å². The molecule has 2 N–H and O–H groups in total. The lowest BCUT2D eigenvalue weighted by Gasteiger charge is -2.22. The Morgan fingerprint density at radius 1 is 0.757 bits per heavy atom. The van der Waals surface area contributed by atoms with Crippen LogP contribution in [0.15, 0.2) is 18.2 Å². The van der Waals surface area contributed by atoms with E-state index in [2.05, 4.69) is 0 Å². The number of nitrogens with two attached hydrogens (primary N) is 1. The van der Waals surface area contributed by atoms with Crippen LogP contribution in [0, 0.1) is 11.8 Å².